The van der Waals surface area contributed by atoms with E-state index in [1.165, 1.54) is 25.1 Å². The fourth-order valence-electron chi connectivity index (χ4n) is 3.63. The number of aromatic nitrogens is 1. The van der Waals surface area contributed by atoms with Crippen molar-refractivity contribution in [3.05, 3.63) is 46.6 Å². The van der Waals surface area contributed by atoms with Gasteiger partial charge < -0.3 is 9.80 Å². The summed E-state index contributed by atoms with van der Waals surface area (Å²) in [7, 11) is -0.383. The maximum Gasteiger partial charge on any atom is 0.267 e. The number of pyridine rings is 1. The smallest absolute Gasteiger partial charge is 0.267 e. The number of rotatable bonds is 6. The molecule has 1 N–H and O–H groups in total. The van der Waals surface area contributed by atoms with E-state index >= 15 is 4.39 Å². The largest absolute Gasteiger partial charge is 0.371 e. The van der Waals surface area contributed by atoms with Crippen LogP contribution in [0.2, 0.25) is 5.02 Å². The van der Waals surface area contributed by atoms with Crippen LogP contribution in [0.25, 0.3) is 0 Å². The number of benzene rings is 1. The van der Waals surface area contributed by atoms with Gasteiger partial charge in [-0.05, 0) is 51.6 Å². The Morgan fingerprint density at radius 3 is 2.72 bits per heavy atom. The molecule has 1 aromatic heterocycles. The van der Waals surface area contributed by atoms with E-state index < -0.39 is 26.7 Å². The minimum Gasteiger partial charge on any atom is -0.371 e. The minimum atomic E-state index is -4.39. The first-order valence-electron chi connectivity index (χ1n) is 9.12. The lowest BCUT2D eigenvalue weighted by atomic mass is 10.1. The van der Waals surface area contributed by atoms with Crippen molar-refractivity contribution in [2.45, 2.75) is 18.2 Å². The lowest BCUT2D eigenvalue weighted by molar-refractivity contribution is 0.340. The van der Waals surface area contributed by atoms with Crippen molar-refractivity contribution in [1.29, 1.82) is 0 Å². The third kappa shape index (κ3) is 4.79. The quantitative estimate of drug-likeness (QED) is 0.691. The molecule has 0 aliphatic carbocycles. The number of sulfonamides is 1. The summed E-state index contributed by atoms with van der Waals surface area (Å²) >= 11 is 6.20. The topological polar surface area (TPSA) is 65.5 Å². The summed E-state index contributed by atoms with van der Waals surface area (Å²) in [6.45, 7) is 3.93. The summed E-state index contributed by atoms with van der Waals surface area (Å²) in [5.41, 5.74) is 0.782. The van der Waals surface area contributed by atoms with Crippen molar-refractivity contribution in [3.8, 4) is 0 Å². The van der Waals surface area contributed by atoms with E-state index in [1.54, 1.807) is 0 Å². The third-order valence-corrected chi connectivity index (χ3v) is 6.69. The van der Waals surface area contributed by atoms with Crippen LogP contribution >= 0.6 is 11.6 Å². The highest BCUT2D eigenvalue weighted by Crippen LogP contribution is 2.36. The molecule has 1 aliphatic heterocycles. The highest BCUT2D eigenvalue weighted by atomic mass is 35.5. The number of hydrogen-bond acceptors (Lipinski definition) is 5. The molecule has 2 aromatic rings. The van der Waals surface area contributed by atoms with Crippen LogP contribution in [0.4, 0.5) is 20.3 Å². The number of hydrogen-bond donors (Lipinski definition) is 1. The molecule has 0 radical (unpaired) electrons. The Bertz CT molecular complexity index is 1020. The lowest BCUT2D eigenvalue weighted by Crippen LogP contribution is -2.26. The predicted molar refractivity (Wildman–Crippen MR) is 110 cm³/mol. The first-order valence-corrected chi connectivity index (χ1v) is 11.0. The molecule has 29 heavy (non-hydrogen) atoms. The molecule has 0 spiro atoms. The third-order valence-electron chi connectivity index (χ3n) is 4.87. The number of halogens is 3. The number of nitrogens with zero attached hydrogens (tertiary/aromatic N) is 3. The standard InChI is InChI=1S/C19H23ClF2N4O2S/c1-12-15(26-8-7-13(11-26)10-25(2)3)9-14(20)19(18(12)22)29(27,28)24-17-6-4-5-16(21)23-17/h4-6,9,13H,7-8,10-11H2,1-3H3,(H,23,24). The van der Waals surface area contributed by atoms with E-state index in [0.717, 1.165) is 32.1 Å². The van der Waals surface area contributed by atoms with Crippen LogP contribution in [-0.4, -0.2) is 52.0 Å². The van der Waals surface area contributed by atoms with Crippen molar-refractivity contribution < 1.29 is 17.2 Å². The van der Waals surface area contributed by atoms with Crippen LogP contribution in [0.5, 0.6) is 0 Å². The predicted octanol–water partition coefficient (Wildman–Crippen LogP) is 3.51. The van der Waals surface area contributed by atoms with Gasteiger partial charge in [-0.15, -0.1) is 0 Å². The van der Waals surface area contributed by atoms with Crippen LogP contribution in [0.1, 0.15) is 12.0 Å². The molecule has 1 unspecified atom stereocenters. The molecule has 1 aromatic carbocycles. The van der Waals surface area contributed by atoms with Gasteiger partial charge in [-0.1, -0.05) is 17.7 Å². The van der Waals surface area contributed by atoms with E-state index in [2.05, 4.69) is 14.6 Å². The van der Waals surface area contributed by atoms with Crippen molar-refractivity contribution in [2.75, 3.05) is 43.4 Å². The summed E-state index contributed by atoms with van der Waals surface area (Å²) in [5, 5.41) is -0.233. The summed E-state index contributed by atoms with van der Waals surface area (Å²) in [6.07, 6.45) is 0.962. The fourth-order valence-corrected chi connectivity index (χ4v) is 5.31. The Labute approximate surface area is 174 Å². The van der Waals surface area contributed by atoms with E-state index in [1.807, 2.05) is 19.0 Å². The minimum absolute atomic E-state index is 0.201. The van der Waals surface area contributed by atoms with E-state index in [9.17, 15) is 12.8 Å². The first kappa shape index (κ1) is 21.7. The van der Waals surface area contributed by atoms with Gasteiger partial charge in [0.15, 0.2) is 0 Å². The van der Waals surface area contributed by atoms with Gasteiger partial charge in [0.1, 0.15) is 16.5 Å². The second-order valence-electron chi connectivity index (χ2n) is 7.46. The van der Waals surface area contributed by atoms with Crippen LogP contribution in [-0.2, 0) is 10.0 Å². The fraction of sp³-hybridized carbons (Fsp3) is 0.421. The average Bonchev–Trinajstić information content (AvgIpc) is 3.05. The maximum absolute atomic E-state index is 15.1. The Hall–Kier alpha value is -1.97. The zero-order chi connectivity index (χ0) is 21.3. The van der Waals surface area contributed by atoms with E-state index in [4.69, 9.17) is 11.6 Å². The van der Waals surface area contributed by atoms with Crippen molar-refractivity contribution >= 4 is 33.1 Å². The van der Waals surface area contributed by atoms with Crippen molar-refractivity contribution in [2.24, 2.45) is 5.92 Å². The van der Waals surface area contributed by atoms with Crippen molar-refractivity contribution in [1.82, 2.24) is 9.88 Å². The van der Waals surface area contributed by atoms with Crippen molar-refractivity contribution in [3.63, 3.8) is 0 Å². The van der Waals surface area contributed by atoms with Gasteiger partial charge >= 0.3 is 0 Å². The highest BCUT2D eigenvalue weighted by molar-refractivity contribution is 7.92. The summed E-state index contributed by atoms with van der Waals surface area (Å²) in [5.74, 6) is -1.60. The van der Waals surface area contributed by atoms with Crippen LogP contribution in [0.3, 0.4) is 0 Å². The Morgan fingerprint density at radius 2 is 2.07 bits per heavy atom. The molecule has 1 saturated heterocycles. The number of anilines is 2. The molecule has 0 amide bonds. The lowest BCUT2D eigenvalue weighted by Gasteiger charge is -2.24. The average molecular weight is 445 g/mol. The normalized spacial score (nSPS) is 17.2. The van der Waals surface area contributed by atoms with Gasteiger partial charge in [0.25, 0.3) is 10.0 Å². The number of nitrogens with one attached hydrogen (secondary N) is 1. The molecule has 0 bridgehead atoms. The molecular weight excluding hydrogens is 422 g/mol. The summed E-state index contributed by atoms with van der Waals surface area (Å²) in [6, 6.07) is 5.11. The Balaban J connectivity index is 1.91. The van der Waals surface area contributed by atoms with Gasteiger partial charge in [0.2, 0.25) is 5.95 Å². The first-order chi connectivity index (χ1) is 13.6. The molecule has 10 heteroatoms. The molecule has 3 rings (SSSR count). The molecule has 1 fully saturated rings. The van der Waals surface area contributed by atoms with Gasteiger partial charge in [0.05, 0.1) is 5.02 Å². The highest BCUT2D eigenvalue weighted by Gasteiger charge is 2.30. The Kier molecular flexibility index (Phi) is 6.30. The summed E-state index contributed by atoms with van der Waals surface area (Å²) in [4.78, 5) is 6.90. The summed E-state index contributed by atoms with van der Waals surface area (Å²) < 4.78 is 55.8. The molecule has 158 valence electrons. The van der Waals surface area contributed by atoms with E-state index in [-0.39, 0.29) is 16.4 Å². The van der Waals surface area contributed by atoms with Gasteiger partial charge in [0, 0.05) is 30.9 Å². The molecule has 2 heterocycles. The maximum atomic E-state index is 15.1. The van der Waals surface area contributed by atoms with Crippen LogP contribution < -0.4 is 9.62 Å². The van der Waals surface area contributed by atoms with Crippen LogP contribution in [0.15, 0.2) is 29.2 Å². The van der Waals surface area contributed by atoms with Crippen LogP contribution in [0, 0.1) is 24.6 Å². The van der Waals surface area contributed by atoms with E-state index in [0.29, 0.717) is 11.6 Å². The zero-order valence-electron chi connectivity index (χ0n) is 16.4. The molecule has 0 saturated carbocycles. The zero-order valence-corrected chi connectivity index (χ0v) is 18.0. The second-order valence-corrected chi connectivity index (χ2v) is 9.49. The van der Waals surface area contributed by atoms with Gasteiger partial charge in [-0.25, -0.2) is 17.8 Å². The Morgan fingerprint density at radius 1 is 1.34 bits per heavy atom. The molecule has 1 aliphatic rings. The SMILES string of the molecule is Cc1c(N2CCC(CN(C)C)C2)cc(Cl)c(S(=O)(=O)Nc2cccc(F)n2)c1F. The molecule has 1 atom stereocenters. The molecular formula is C19H23ClF2N4O2S. The van der Waals surface area contributed by atoms with Gasteiger partial charge in [-0.3, -0.25) is 4.72 Å². The van der Waals surface area contributed by atoms with Gasteiger partial charge in [-0.2, -0.15) is 4.39 Å². The molecule has 6 nitrogen and oxygen atoms in total. The monoisotopic (exact) mass is 444 g/mol. The second kappa shape index (κ2) is 8.41.